The van der Waals surface area contributed by atoms with Gasteiger partial charge in [0, 0.05) is 28.2 Å². The van der Waals surface area contributed by atoms with Crippen LogP contribution in [0.15, 0.2) is 60.3 Å². The third-order valence-electron chi connectivity index (χ3n) is 4.03. The Hall–Kier alpha value is -3.39. The molecule has 0 bridgehead atoms. The molecule has 2 aromatic carbocycles. The summed E-state index contributed by atoms with van der Waals surface area (Å²) in [6.45, 7) is 2.24. The number of nitriles is 1. The molecule has 0 N–H and O–H groups in total. The molecule has 0 aliphatic heterocycles. The quantitative estimate of drug-likeness (QED) is 0.392. The van der Waals surface area contributed by atoms with E-state index in [0.717, 1.165) is 10.9 Å². The van der Waals surface area contributed by atoms with Crippen LogP contribution in [-0.2, 0) is 16.1 Å². The van der Waals surface area contributed by atoms with Crippen LogP contribution in [0.2, 0.25) is 0 Å². The number of hydrogen-bond acceptors (Lipinski definition) is 3. The topological polar surface area (TPSA) is 55.0 Å². The first-order valence-electron chi connectivity index (χ1n) is 8.24. The number of para-hydroxylation sites is 1. The van der Waals surface area contributed by atoms with Crippen LogP contribution in [-0.4, -0.2) is 17.1 Å². The van der Waals surface area contributed by atoms with E-state index in [1.807, 2.05) is 41.1 Å². The van der Waals surface area contributed by atoms with Crippen LogP contribution in [0.1, 0.15) is 18.1 Å². The average molecular weight is 348 g/mol. The third-order valence-corrected chi connectivity index (χ3v) is 4.03. The first kappa shape index (κ1) is 17.4. The normalized spacial score (nSPS) is 11.3. The van der Waals surface area contributed by atoms with Crippen LogP contribution in [0.25, 0.3) is 17.0 Å². The Morgan fingerprint density at radius 3 is 2.69 bits per heavy atom. The molecule has 0 spiro atoms. The van der Waals surface area contributed by atoms with E-state index in [1.165, 1.54) is 12.1 Å². The Bertz CT molecular complexity index is 1030. The highest BCUT2D eigenvalue weighted by molar-refractivity contribution is 6.01. The highest BCUT2D eigenvalue weighted by Gasteiger charge is 2.13. The fourth-order valence-electron chi connectivity index (χ4n) is 2.83. The third kappa shape index (κ3) is 3.50. The van der Waals surface area contributed by atoms with E-state index >= 15 is 0 Å². The van der Waals surface area contributed by atoms with Crippen molar-refractivity contribution >= 4 is 22.9 Å². The number of carbonyl (C=O) groups is 1. The molecule has 0 unspecified atom stereocenters. The second kappa shape index (κ2) is 7.66. The number of hydrogen-bond donors (Lipinski definition) is 0. The Balaban J connectivity index is 2.07. The molecule has 130 valence electrons. The Morgan fingerprint density at radius 1 is 1.23 bits per heavy atom. The summed E-state index contributed by atoms with van der Waals surface area (Å²) in [5.41, 5.74) is 2.10. The zero-order valence-corrected chi connectivity index (χ0v) is 14.3. The average Bonchev–Trinajstić information content (AvgIpc) is 2.99. The summed E-state index contributed by atoms with van der Waals surface area (Å²) in [6, 6.07) is 16.1. The lowest BCUT2D eigenvalue weighted by Gasteiger charge is -2.06. The second-order valence-corrected chi connectivity index (χ2v) is 5.71. The minimum Gasteiger partial charge on any atom is -0.462 e. The summed E-state index contributed by atoms with van der Waals surface area (Å²) in [7, 11) is 0. The van der Waals surface area contributed by atoms with Crippen LogP contribution in [0, 0.1) is 17.1 Å². The highest BCUT2D eigenvalue weighted by Crippen LogP contribution is 2.25. The lowest BCUT2D eigenvalue weighted by atomic mass is 10.1. The van der Waals surface area contributed by atoms with Crippen molar-refractivity contribution in [2.24, 2.45) is 0 Å². The molecule has 0 radical (unpaired) electrons. The smallest absolute Gasteiger partial charge is 0.348 e. The fraction of sp³-hybridized carbons (Fsp3) is 0.143. The number of carbonyl (C=O) groups excluding carboxylic acids is 1. The number of rotatable bonds is 5. The van der Waals surface area contributed by atoms with Gasteiger partial charge in [-0.05, 0) is 25.1 Å². The molecule has 0 aliphatic carbocycles. The maximum absolute atomic E-state index is 14.0. The van der Waals surface area contributed by atoms with Crippen molar-refractivity contribution in [1.29, 1.82) is 5.26 Å². The number of nitrogens with zero attached hydrogens (tertiary/aromatic N) is 2. The Labute approximate surface area is 150 Å². The van der Waals surface area contributed by atoms with E-state index in [1.54, 1.807) is 25.1 Å². The number of ether oxygens (including phenoxy) is 1. The van der Waals surface area contributed by atoms with Crippen LogP contribution in [0.5, 0.6) is 0 Å². The lowest BCUT2D eigenvalue weighted by molar-refractivity contribution is -0.137. The van der Waals surface area contributed by atoms with Crippen molar-refractivity contribution in [1.82, 2.24) is 4.57 Å². The van der Waals surface area contributed by atoms with Crippen molar-refractivity contribution in [3.8, 4) is 6.07 Å². The van der Waals surface area contributed by atoms with E-state index in [-0.39, 0.29) is 18.0 Å². The van der Waals surface area contributed by atoms with E-state index in [9.17, 15) is 14.4 Å². The maximum atomic E-state index is 14.0. The number of aromatic nitrogens is 1. The molecular formula is C21H17FN2O2. The molecule has 0 fully saturated rings. The molecule has 5 heteroatoms. The zero-order chi connectivity index (χ0) is 18.5. The zero-order valence-electron chi connectivity index (χ0n) is 14.3. The summed E-state index contributed by atoms with van der Waals surface area (Å²) in [6.07, 6.45) is 3.33. The molecule has 0 atom stereocenters. The van der Waals surface area contributed by atoms with Crippen LogP contribution in [0.4, 0.5) is 4.39 Å². The molecule has 4 nitrogen and oxygen atoms in total. The van der Waals surface area contributed by atoms with Crippen molar-refractivity contribution in [3.63, 3.8) is 0 Å². The van der Waals surface area contributed by atoms with E-state index in [4.69, 9.17) is 4.74 Å². The first-order valence-corrected chi connectivity index (χ1v) is 8.24. The van der Waals surface area contributed by atoms with Gasteiger partial charge >= 0.3 is 5.97 Å². The molecule has 1 heterocycles. The number of fused-ring (bicyclic) bond motifs is 1. The number of esters is 1. The monoisotopic (exact) mass is 348 g/mol. The van der Waals surface area contributed by atoms with Gasteiger partial charge in [0.1, 0.15) is 17.5 Å². The minimum absolute atomic E-state index is 0.0688. The Kier molecular flexibility index (Phi) is 5.14. The SMILES string of the molecule is CCOC(=O)/C(C#N)=C\c1cn(Cc2ccccc2F)c2ccccc12. The van der Waals surface area contributed by atoms with Crippen LogP contribution >= 0.6 is 0 Å². The summed E-state index contributed by atoms with van der Waals surface area (Å²) < 4.78 is 20.8. The van der Waals surface area contributed by atoms with Crippen molar-refractivity contribution < 1.29 is 13.9 Å². The van der Waals surface area contributed by atoms with Crippen molar-refractivity contribution in [3.05, 3.63) is 77.2 Å². The molecular weight excluding hydrogens is 331 g/mol. The molecule has 0 saturated carbocycles. The van der Waals surface area contributed by atoms with Gasteiger partial charge in [-0.2, -0.15) is 5.26 Å². The van der Waals surface area contributed by atoms with Crippen LogP contribution < -0.4 is 0 Å². The Morgan fingerprint density at radius 2 is 1.96 bits per heavy atom. The van der Waals surface area contributed by atoms with Gasteiger partial charge in [0.25, 0.3) is 0 Å². The molecule has 3 rings (SSSR count). The molecule has 0 saturated heterocycles. The van der Waals surface area contributed by atoms with Gasteiger partial charge in [-0.1, -0.05) is 36.4 Å². The van der Waals surface area contributed by atoms with Gasteiger partial charge in [0.15, 0.2) is 0 Å². The molecule has 26 heavy (non-hydrogen) atoms. The second-order valence-electron chi connectivity index (χ2n) is 5.71. The summed E-state index contributed by atoms with van der Waals surface area (Å²) >= 11 is 0. The van der Waals surface area contributed by atoms with E-state index in [2.05, 4.69) is 0 Å². The predicted octanol–water partition coefficient (Wildman–Crippen LogP) is 4.30. The highest BCUT2D eigenvalue weighted by atomic mass is 19.1. The van der Waals surface area contributed by atoms with Gasteiger partial charge in [-0.25, -0.2) is 9.18 Å². The van der Waals surface area contributed by atoms with Gasteiger partial charge in [0.05, 0.1) is 13.2 Å². The molecule has 0 amide bonds. The fourth-order valence-corrected chi connectivity index (χ4v) is 2.83. The van der Waals surface area contributed by atoms with E-state index in [0.29, 0.717) is 17.7 Å². The number of halogens is 1. The largest absolute Gasteiger partial charge is 0.462 e. The van der Waals surface area contributed by atoms with E-state index < -0.39 is 5.97 Å². The summed E-state index contributed by atoms with van der Waals surface area (Å²) in [5.74, 6) is -0.924. The molecule has 1 aromatic heterocycles. The minimum atomic E-state index is -0.652. The van der Waals surface area contributed by atoms with Crippen LogP contribution in [0.3, 0.4) is 0 Å². The maximum Gasteiger partial charge on any atom is 0.348 e. The summed E-state index contributed by atoms with van der Waals surface area (Å²) in [4.78, 5) is 11.9. The predicted molar refractivity (Wildman–Crippen MR) is 97.7 cm³/mol. The summed E-state index contributed by atoms with van der Waals surface area (Å²) in [5, 5.41) is 10.1. The van der Waals surface area contributed by atoms with Gasteiger partial charge in [-0.15, -0.1) is 0 Å². The van der Waals surface area contributed by atoms with Gasteiger partial charge in [0.2, 0.25) is 0 Å². The first-order chi connectivity index (χ1) is 12.6. The lowest BCUT2D eigenvalue weighted by Crippen LogP contribution is -2.05. The standard InChI is InChI=1S/C21H17FN2O2/c1-2-26-21(25)16(12-23)11-17-14-24(20-10-6-4-8-18(17)20)13-15-7-3-5-9-19(15)22/h3-11,14H,2,13H2,1H3/b16-11-. The number of benzene rings is 2. The van der Waals surface area contributed by atoms with Gasteiger partial charge < -0.3 is 9.30 Å². The molecule has 0 aliphatic rings. The van der Waals surface area contributed by atoms with Crippen molar-refractivity contribution in [2.45, 2.75) is 13.5 Å². The molecule has 3 aromatic rings. The van der Waals surface area contributed by atoms with Gasteiger partial charge in [-0.3, -0.25) is 0 Å². The van der Waals surface area contributed by atoms with Crippen molar-refractivity contribution in [2.75, 3.05) is 6.61 Å².